The molecule has 2 nitrogen and oxygen atoms in total. The maximum atomic E-state index is 5.35. The van der Waals surface area contributed by atoms with Crippen molar-refractivity contribution in [3.63, 3.8) is 0 Å². The molecule has 2 heteroatoms. The first-order chi connectivity index (χ1) is 7.63. The second kappa shape index (κ2) is 6.54. The van der Waals surface area contributed by atoms with Gasteiger partial charge >= 0.3 is 0 Å². The minimum absolute atomic E-state index is 0.306. The quantitative estimate of drug-likeness (QED) is 0.681. The highest BCUT2D eigenvalue weighted by Gasteiger charge is 2.07. The second-order valence-corrected chi connectivity index (χ2v) is 4.65. The number of hydrogen-bond donors (Lipinski definition) is 0. The molecule has 0 bridgehead atoms. The summed E-state index contributed by atoms with van der Waals surface area (Å²) >= 11 is 0. The molecule has 0 spiro atoms. The minimum atomic E-state index is 0.306. The molecule has 0 aliphatic rings. The van der Waals surface area contributed by atoms with Crippen LogP contribution in [0.3, 0.4) is 0 Å². The van der Waals surface area contributed by atoms with Gasteiger partial charge in [-0.1, -0.05) is 32.9 Å². The van der Waals surface area contributed by atoms with Gasteiger partial charge in [0.05, 0.1) is 0 Å². The van der Waals surface area contributed by atoms with Crippen molar-refractivity contribution in [2.45, 2.75) is 33.1 Å². The molecule has 0 fully saturated rings. The van der Waals surface area contributed by atoms with E-state index in [1.807, 2.05) is 12.1 Å². The fourth-order valence-electron chi connectivity index (χ4n) is 1.86. The number of rotatable bonds is 6. The molecule has 0 aliphatic heterocycles. The van der Waals surface area contributed by atoms with Crippen molar-refractivity contribution in [3.8, 4) is 5.75 Å². The number of ether oxygens (including phenoxy) is 2. The van der Waals surface area contributed by atoms with Crippen LogP contribution >= 0.6 is 0 Å². The van der Waals surface area contributed by atoms with E-state index in [1.165, 1.54) is 12.0 Å². The zero-order valence-corrected chi connectivity index (χ0v) is 10.7. The second-order valence-electron chi connectivity index (χ2n) is 4.65. The Morgan fingerprint density at radius 3 is 2.19 bits per heavy atom. The average Bonchev–Trinajstić information content (AvgIpc) is 2.26. The van der Waals surface area contributed by atoms with E-state index in [1.54, 1.807) is 7.11 Å². The van der Waals surface area contributed by atoms with Crippen molar-refractivity contribution < 1.29 is 9.47 Å². The Balaban J connectivity index is 2.56. The molecule has 90 valence electrons. The molecule has 16 heavy (non-hydrogen) atoms. The third-order valence-corrected chi connectivity index (χ3v) is 2.62. The van der Waals surface area contributed by atoms with Crippen LogP contribution in [-0.4, -0.2) is 13.9 Å². The maximum Gasteiger partial charge on any atom is 0.188 e. The van der Waals surface area contributed by atoms with Gasteiger partial charge in [-0.05, 0) is 36.0 Å². The minimum Gasteiger partial charge on any atom is -0.468 e. The Bertz CT molecular complexity index is 290. The van der Waals surface area contributed by atoms with Gasteiger partial charge in [-0.25, -0.2) is 0 Å². The van der Waals surface area contributed by atoms with Crippen LogP contribution in [0.5, 0.6) is 5.75 Å². The molecular weight excluding hydrogens is 200 g/mol. The fraction of sp³-hybridized carbons (Fsp3) is 0.571. The normalized spacial score (nSPS) is 12.8. The summed E-state index contributed by atoms with van der Waals surface area (Å²) in [6.45, 7) is 7.09. The van der Waals surface area contributed by atoms with Crippen LogP contribution in [0.1, 0.15) is 38.7 Å². The Labute approximate surface area is 98.6 Å². The van der Waals surface area contributed by atoms with Gasteiger partial charge in [0.25, 0.3) is 0 Å². The molecule has 0 radical (unpaired) electrons. The first kappa shape index (κ1) is 13.0. The lowest BCUT2D eigenvalue weighted by atomic mass is 9.92. The highest BCUT2D eigenvalue weighted by Crippen LogP contribution is 2.24. The molecular formula is C14H22O2. The van der Waals surface area contributed by atoms with Gasteiger partial charge in [0, 0.05) is 7.11 Å². The maximum absolute atomic E-state index is 5.35. The fourth-order valence-corrected chi connectivity index (χ4v) is 1.86. The molecule has 0 amide bonds. The summed E-state index contributed by atoms with van der Waals surface area (Å²) in [6.07, 6.45) is 1.22. The van der Waals surface area contributed by atoms with Crippen LogP contribution in [0.2, 0.25) is 0 Å². The molecule has 1 aromatic carbocycles. The molecule has 0 aliphatic carbocycles. The highest BCUT2D eigenvalue weighted by atomic mass is 16.7. The number of methoxy groups -OCH3 is 1. The lowest BCUT2D eigenvalue weighted by molar-refractivity contribution is 0.0511. The van der Waals surface area contributed by atoms with Crippen LogP contribution in [0.15, 0.2) is 24.3 Å². The van der Waals surface area contributed by atoms with Gasteiger partial charge in [0.1, 0.15) is 5.75 Å². The first-order valence-corrected chi connectivity index (χ1v) is 5.85. The van der Waals surface area contributed by atoms with E-state index in [0.717, 1.165) is 11.7 Å². The lowest BCUT2D eigenvalue weighted by Gasteiger charge is -2.14. The molecule has 1 atom stereocenters. The van der Waals surface area contributed by atoms with E-state index in [0.29, 0.717) is 12.7 Å². The van der Waals surface area contributed by atoms with Gasteiger partial charge in [-0.2, -0.15) is 0 Å². The average molecular weight is 222 g/mol. The van der Waals surface area contributed by atoms with Gasteiger partial charge < -0.3 is 9.47 Å². The molecule has 0 saturated carbocycles. The molecule has 1 unspecified atom stereocenters. The van der Waals surface area contributed by atoms with Crippen molar-refractivity contribution in [3.05, 3.63) is 29.8 Å². The van der Waals surface area contributed by atoms with Crippen molar-refractivity contribution in [2.75, 3.05) is 13.9 Å². The van der Waals surface area contributed by atoms with Crippen molar-refractivity contribution in [2.24, 2.45) is 5.92 Å². The summed E-state index contributed by atoms with van der Waals surface area (Å²) in [6, 6.07) is 8.28. The smallest absolute Gasteiger partial charge is 0.188 e. The number of benzene rings is 1. The van der Waals surface area contributed by atoms with Crippen LogP contribution in [0.25, 0.3) is 0 Å². The van der Waals surface area contributed by atoms with Crippen molar-refractivity contribution in [1.82, 2.24) is 0 Å². The van der Waals surface area contributed by atoms with E-state index in [2.05, 4.69) is 32.9 Å². The van der Waals surface area contributed by atoms with E-state index >= 15 is 0 Å². The lowest BCUT2D eigenvalue weighted by Crippen LogP contribution is -2.00. The summed E-state index contributed by atoms with van der Waals surface area (Å²) in [5, 5.41) is 0. The van der Waals surface area contributed by atoms with Gasteiger partial charge in [-0.3, -0.25) is 0 Å². The van der Waals surface area contributed by atoms with E-state index in [-0.39, 0.29) is 0 Å². The largest absolute Gasteiger partial charge is 0.468 e. The van der Waals surface area contributed by atoms with E-state index in [9.17, 15) is 0 Å². The molecule has 0 heterocycles. The summed E-state index contributed by atoms with van der Waals surface area (Å²) < 4.78 is 10.2. The third-order valence-electron chi connectivity index (χ3n) is 2.62. The zero-order chi connectivity index (χ0) is 12.0. The summed E-state index contributed by atoms with van der Waals surface area (Å²) in [5.41, 5.74) is 1.37. The van der Waals surface area contributed by atoms with Crippen LogP contribution in [0, 0.1) is 5.92 Å². The van der Waals surface area contributed by atoms with E-state index in [4.69, 9.17) is 9.47 Å². The van der Waals surface area contributed by atoms with E-state index < -0.39 is 0 Å². The number of hydrogen-bond acceptors (Lipinski definition) is 2. The predicted molar refractivity (Wildman–Crippen MR) is 66.8 cm³/mol. The Hall–Kier alpha value is -1.02. The molecule has 1 rings (SSSR count). The summed E-state index contributed by atoms with van der Waals surface area (Å²) in [7, 11) is 1.62. The van der Waals surface area contributed by atoms with Gasteiger partial charge in [0.15, 0.2) is 6.79 Å². The molecule has 0 saturated heterocycles. The Morgan fingerprint density at radius 2 is 1.69 bits per heavy atom. The third kappa shape index (κ3) is 4.23. The topological polar surface area (TPSA) is 18.5 Å². The summed E-state index contributed by atoms with van der Waals surface area (Å²) in [5.74, 6) is 2.21. The van der Waals surface area contributed by atoms with Crippen LogP contribution in [0.4, 0.5) is 0 Å². The molecule has 0 aromatic heterocycles. The standard InChI is InChI=1S/C14H22O2/c1-11(2)9-12(3)13-5-7-14(8-6-13)16-10-15-4/h5-8,11-12H,9-10H2,1-4H3. The summed E-state index contributed by atoms with van der Waals surface area (Å²) in [4.78, 5) is 0. The predicted octanol–water partition coefficient (Wildman–Crippen LogP) is 3.82. The molecule has 0 N–H and O–H groups in total. The van der Waals surface area contributed by atoms with Crippen molar-refractivity contribution in [1.29, 1.82) is 0 Å². The van der Waals surface area contributed by atoms with Crippen LogP contribution < -0.4 is 4.74 Å². The van der Waals surface area contributed by atoms with Crippen LogP contribution in [-0.2, 0) is 4.74 Å². The SMILES string of the molecule is COCOc1ccc(C(C)CC(C)C)cc1. The highest BCUT2D eigenvalue weighted by molar-refractivity contribution is 5.29. The monoisotopic (exact) mass is 222 g/mol. The van der Waals surface area contributed by atoms with Gasteiger partial charge in [0.2, 0.25) is 0 Å². The van der Waals surface area contributed by atoms with Gasteiger partial charge in [-0.15, -0.1) is 0 Å². The molecule has 1 aromatic rings. The Morgan fingerprint density at radius 1 is 1.06 bits per heavy atom. The first-order valence-electron chi connectivity index (χ1n) is 5.85. The zero-order valence-electron chi connectivity index (χ0n) is 10.7. The van der Waals surface area contributed by atoms with Crippen molar-refractivity contribution >= 4 is 0 Å². The Kier molecular flexibility index (Phi) is 5.33.